The van der Waals surface area contributed by atoms with Gasteiger partial charge in [-0.05, 0) is 54.8 Å². The first-order chi connectivity index (χ1) is 18.5. The summed E-state index contributed by atoms with van der Waals surface area (Å²) >= 11 is 7.77. The molecule has 9 heteroatoms. The van der Waals surface area contributed by atoms with Crippen LogP contribution in [0.25, 0.3) is 16.6 Å². The number of nitrogens with zero attached hydrogens (tertiary/aromatic N) is 5. The fourth-order valence-electron chi connectivity index (χ4n) is 4.66. The third-order valence-corrected chi connectivity index (χ3v) is 7.99. The SMILES string of the molecule is CC(CCSc1nc2ccccc2c(=O)n1-c1cccc(Cl)c1)CC(=O)N1CCN(c2ccccn2)CC1. The van der Waals surface area contributed by atoms with Gasteiger partial charge in [0.1, 0.15) is 5.82 Å². The van der Waals surface area contributed by atoms with Gasteiger partial charge < -0.3 is 9.80 Å². The van der Waals surface area contributed by atoms with Crippen LogP contribution in [0.1, 0.15) is 19.8 Å². The molecule has 1 unspecified atom stereocenters. The maximum atomic E-state index is 13.4. The molecular formula is C29H30ClN5O2S. The van der Waals surface area contributed by atoms with Crippen LogP contribution in [-0.4, -0.2) is 57.3 Å². The van der Waals surface area contributed by atoms with Gasteiger partial charge >= 0.3 is 0 Å². The van der Waals surface area contributed by atoms with Crippen LogP contribution >= 0.6 is 23.4 Å². The van der Waals surface area contributed by atoms with Gasteiger partial charge in [0.25, 0.3) is 5.56 Å². The number of carbonyl (C=O) groups is 1. The predicted molar refractivity (Wildman–Crippen MR) is 155 cm³/mol. The number of para-hydroxylation sites is 1. The Kier molecular flexibility index (Phi) is 8.29. The van der Waals surface area contributed by atoms with Crippen molar-refractivity contribution in [2.24, 2.45) is 5.92 Å². The molecular weight excluding hydrogens is 518 g/mol. The van der Waals surface area contributed by atoms with Gasteiger partial charge in [-0.15, -0.1) is 0 Å². The molecule has 7 nitrogen and oxygen atoms in total. The van der Waals surface area contributed by atoms with Crippen molar-refractivity contribution in [3.63, 3.8) is 0 Å². The summed E-state index contributed by atoms with van der Waals surface area (Å²) in [5.41, 5.74) is 1.25. The molecule has 1 saturated heterocycles. The fourth-order valence-corrected chi connectivity index (χ4v) is 6.03. The van der Waals surface area contributed by atoms with Crippen molar-refractivity contribution in [1.29, 1.82) is 0 Å². The molecule has 1 aliphatic rings. The summed E-state index contributed by atoms with van der Waals surface area (Å²) in [4.78, 5) is 39.8. The summed E-state index contributed by atoms with van der Waals surface area (Å²) in [5.74, 6) is 2.12. The molecule has 0 aliphatic carbocycles. The molecule has 1 fully saturated rings. The summed E-state index contributed by atoms with van der Waals surface area (Å²) in [5, 5.41) is 1.76. The lowest BCUT2D eigenvalue weighted by molar-refractivity contribution is -0.132. The Balaban J connectivity index is 1.20. The molecule has 3 heterocycles. The van der Waals surface area contributed by atoms with E-state index in [-0.39, 0.29) is 17.4 Å². The minimum Gasteiger partial charge on any atom is -0.353 e. The Bertz CT molecular complexity index is 1470. The van der Waals surface area contributed by atoms with Gasteiger partial charge in [-0.1, -0.05) is 54.6 Å². The van der Waals surface area contributed by atoms with Gasteiger partial charge in [0.05, 0.1) is 16.6 Å². The highest BCUT2D eigenvalue weighted by Gasteiger charge is 2.23. The zero-order valence-electron chi connectivity index (χ0n) is 21.3. The Hall–Kier alpha value is -3.36. The number of rotatable bonds is 8. The smallest absolute Gasteiger partial charge is 0.266 e. The molecule has 196 valence electrons. The average Bonchev–Trinajstić information content (AvgIpc) is 2.94. The first-order valence-corrected chi connectivity index (χ1v) is 14.2. The van der Waals surface area contributed by atoms with E-state index in [9.17, 15) is 9.59 Å². The van der Waals surface area contributed by atoms with E-state index in [0.717, 1.165) is 31.1 Å². The van der Waals surface area contributed by atoms with Crippen molar-refractivity contribution in [2.75, 3.05) is 36.8 Å². The Morgan fingerprint density at radius 3 is 2.58 bits per heavy atom. The third kappa shape index (κ3) is 6.03. The second kappa shape index (κ2) is 12.0. The number of thioether (sulfide) groups is 1. The van der Waals surface area contributed by atoms with Crippen molar-refractivity contribution in [2.45, 2.75) is 24.9 Å². The number of carbonyl (C=O) groups excluding carboxylic acids is 1. The van der Waals surface area contributed by atoms with Crippen LogP contribution in [0.3, 0.4) is 0 Å². The Labute approximate surface area is 231 Å². The van der Waals surface area contributed by atoms with Crippen molar-refractivity contribution in [3.05, 3.63) is 88.3 Å². The molecule has 1 aliphatic heterocycles. The van der Waals surface area contributed by atoms with Gasteiger partial charge in [-0.2, -0.15) is 0 Å². The molecule has 5 rings (SSSR count). The maximum absolute atomic E-state index is 13.4. The topological polar surface area (TPSA) is 71.3 Å². The van der Waals surface area contributed by atoms with Crippen LogP contribution < -0.4 is 10.5 Å². The van der Waals surface area contributed by atoms with E-state index in [1.54, 1.807) is 29.0 Å². The number of benzene rings is 2. The predicted octanol–water partition coefficient (Wildman–Crippen LogP) is 5.29. The highest BCUT2D eigenvalue weighted by molar-refractivity contribution is 7.99. The summed E-state index contributed by atoms with van der Waals surface area (Å²) in [6, 6.07) is 20.5. The molecule has 2 aromatic carbocycles. The molecule has 1 atom stereocenters. The molecule has 0 N–H and O–H groups in total. The molecule has 1 amide bonds. The second-order valence-electron chi connectivity index (χ2n) is 9.53. The average molecular weight is 548 g/mol. The van der Waals surface area contributed by atoms with Crippen molar-refractivity contribution >= 4 is 46.0 Å². The molecule has 0 saturated carbocycles. The molecule has 2 aromatic heterocycles. The monoisotopic (exact) mass is 547 g/mol. The van der Waals surface area contributed by atoms with E-state index in [1.165, 1.54) is 11.8 Å². The van der Waals surface area contributed by atoms with Crippen LogP contribution in [0.4, 0.5) is 5.82 Å². The van der Waals surface area contributed by atoms with Crippen LogP contribution in [0.5, 0.6) is 0 Å². The van der Waals surface area contributed by atoms with E-state index in [1.807, 2.05) is 53.4 Å². The van der Waals surface area contributed by atoms with E-state index in [4.69, 9.17) is 16.6 Å². The normalized spacial score (nSPS) is 14.6. The number of fused-ring (bicyclic) bond motifs is 1. The summed E-state index contributed by atoms with van der Waals surface area (Å²) < 4.78 is 1.63. The quantitative estimate of drug-likeness (QED) is 0.220. The van der Waals surface area contributed by atoms with Crippen LogP contribution in [-0.2, 0) is 4.79 Å². The highest BCUT2D eigenvalue weighted by Crippen LogP contribution is 2.25. The molecule has 0 bridgehead atoms. The number of amides is 1. The fraction of sp³-hybridized carbons (Fsp3) is 0.310. The Morgan fingerprint density at radius 1 is 1.03 bits per heavy atom. The largest absolute Gasteiger partial charge is 0.353 e. The number of aromatic nitrogens is 3. The van der Waals surface area contributed by atoms with E-state index < -0.39 is 0 Å². The molecule has 0 spiro atoms. The van der Waals surface area contributed by atoms with Crippen LogP contribution in [0.15, 0.2) is 82.9 Å². The number of pyridine rings is 1. The third-order valence-electron chi connectivity index (χ3n) is 6.78. The van der Waals surface area contributed by atoms with Gasteiger partial charge in [-0.3, -0.25) is 14.2 Å². The zero-order chi connectivity index (χ0) is 26.5. The van der Waals surface area contributed by atoms with Gasteiger partial charge in [0.2, 0.25) is 5.91 Å². The lowest BCUT2D eigenvalue weighted by Crippen LogP contribution is -2.49. The highest BCUT2D eigenvalue weighted by atomic mass is 35.5. The number of anilines is 1. The maximum Gasteiger partial charge on any atom is 0.266 e. The number of halogens is 1. The van der Waals surface area contributed by atoms with Gasteiger partial charge in [-0.25, -0.2) is 9.97 Å². The van der Waals surface area contributed by atoms with Crippen molar-refractivity contribution in [1.82, 2.24) is 19.4 Å². The molecule has 4 aromatic rings. The van der Waals surface area contributed by atoms with Crippen molar-refractivity contribution < 1.29 is 4.79 Å². The molecule has 38 heavy (non-hydrogen) atoms. The van der Waals surface area contributed by atoms with Crippen LogP contribution in [0.2, 0.25) is 5.02 Å². The summed E-state index contributed by atoms with van der Waals surface area (Å²) in [6.45, 7) is 5.12. The Morgan fingerprint density at radius 2 is 1.82 bits per heavy atom. The first-order valence-electron chi connectivity index (χ1n) is 12.8. The van der Waals surface area contributed by atoms with Gasteiger partial charge in [0, 0.05) is 49.6 Å². The van der Waals surface area contributed by atoms with Gasteiger partial charge in [0.15, 0.2) is 5.16 Å². The lowest BCUT2D eigenvalue weighted by atomic mass is 10.0. The summed E-state index contributed by atoms with van der Waals surface area (Å²) in [6.07, 6.45) is 3.15. The first kappa shape index (κ1) is 26.3. The minimum absolute atomic E-state index is 0.117. The van der Waals surface area contributed by atoms with E-state index >= 15 is 0 Å². The number of piperazine rings is 1. The molecule has 0 radical (unpaired) electrons. The minimum atomic E-state index is -0.117. The number of hydrogen-bond donors (Lipinski definition) is 0. The van der Waals surface area contributed by atoms with Crippen molar-refractivity contribution in [3.8, 4) is 5.69 Å². The summed E-state index contributed by atoms with van der Waals surface area (Å²) in [7, 11) is 0. The second-order valence-corrected chi connectivity index (χ2v) is 11.0. The van der Waals surface area contributed by atoms with Crippen LogP contribution in [0, 0.1) is 5.92 Å². The standard InChI is InChI=1S/C29H30ClN5O2S/c1-21(19-27(36)34-16-14-33(15-17-34)26-11-4-5-13-31-26)12-18-38-29-32-25-10-3-2-9-24(25)28(37)35(29)23-8-6-7-22(30)20-23/h2-11,13,20-21H,12,14-19H2,1H3. The number of hydrogen-bond acceptors (Lipinski definition) is 6. The van der Waals surface area contributed by atoms with E-state index in [2.05, 4.69) is 16.8 Å². The lowest BCUT2D eigenvalue weighted by Gasteiger charge is -2.35. The zero-order valence-corrected chi connectivity index (χ0v) is 22.9. The van der Waals surface area contributed by atoms with E-state index in [0.29, 0.717) is 46.3 Å².